The quantitative estimate of drug-likeness (QED) is 0.129. The van der Waals surface area contributed by atoms with Crippen LogP contribution in [0, 0.1) is 0 Å². The van der Waals surface area contributed by atoms with Gasteiger partial charge in [0.1, 0.15) is 0 Å². The van der Waals surface area contributed by atoms with Gasteiger partial charge in [0.25, 0.3) is 6.71 Å². The summed E-state index contributed by atoms with van der Waals surface area (Å²) in [6.07, 6.45) is 0. The molecule has 68 heavy (non-hydrogen) atoms. The molecular formula is C64H40BN3. The van der Waals surface area contributed by atoms with E-state index in [-0.39, 0.29) is 6.71 Å². The zero-order valence-electron chi connectivity index (χ0n) is 37.0. The third-order valence-corrected chi connectivity index (χ3v) is 14.8. The summed E-state index contributed by atoms with van der Waals surface area (Å²) in [5.74, 6) is 0. The van der Waals surface area contributed by atoms with Crippen LogP contribution in [-0.2, 0) is 0 Å². The molecule has 314 valence electrons. The summed E-state index contributed by atoms with van der Waals surface area (Å²) in [7, 11) is 0. The van der Waals surface area contributed by atoms with Crippen molar-refractivity contribution in [3.63, 3.8) is 0 Å². The van der Waals surface area contributed by atoms with Crippen LogP contribution in [0.15, 0.2) is 243 Å². The summed E-state index contributed by atoms with van der Waals surface area (Å²) >= 11 is 0. The zero-order chi connectivity index (χ0) is 44.5. The minimum absolute atomic E-state index is 0.0444. The molecule has 0 saturated heterocycles. The lowest BCUT2D eigenvalue weighted by Gasteiger charge is -2.45. The Morgan fingerprint density at radius 2 is 0.735 bits per heavy atom. The van der Waals surface area contributed by atoms with Gasteiger partial charge in [-0.15, -0.1) is 0 Å². The highest BCUT2D eigenvalue weighted by Gasteiger charge is 2.45. The van der Waals surface area contributed by atoms with Crippen LogP contribution < -0.4 is 26.2 Å². The number of anilines is 6. The van der Waals surface area contributed by atoms with Crippen LogP contribution in [0.5, 0.6) is 0 Å². The number of hydrogen-bond donors (Lipinski definition) is 0. The number of para-hydroxylation sites is 4. The summed E-state index contributed by atoms with van der Waals surface area (Å²) < 4.78 is 2.40. The molecule has 3 nitrogen and oxygen atoms in total. The van der Waals surface area contributed by atoms with Crippen LogP contribution in [0.3, 0.4) is 0 Å². The number of aromatic nitrogens is 1. The van der Waals surface area contributed by atoms with Gasteiger partial charge in [-0.25, -0.2) is 0 Å². The average molecular weight is 862 g/mol. The predicted octanol–water partition coefficient (Wildman–Crippen LogP) is 15.1. The second-order valence-corrected chi connectivity index (χ2v) is 18.5. The summed E-state index contributed by atoms with van der Waals surface area (Å²) in [5.41, 5.74) is 16.9. The van der Waals surface area contributed by atoms with Crippen LogP contribution >= 0.6 is 0 Å². The molecule has 15 rings (SSSR count). The molecule has 0 unspecified atom stereocenters. The predicted molar refractivity (Wildman–Crippen MR) is 290 cm³/mol. The zero-order valence-corrected chi connectivity index (χ0v) is 37.0. The summed E-state index contributed by atoms with van der Waals surface area (Å²) in [5, 5.41) is 12.4. The smallest absolute Gasteiger partial charge is 0.252 e. The lowest BCUT2D eigenvalue weighted by Crippen LogP contribution is -2.61. The fraction of sp³-hybridized carbons (Fsp3) is 0. The second kappa shape index (κ2) is 14.3. The second-order valence-electron chi connectivity index (χ2n) is 18.5. The van der Waals surface area contributed by atoms with Crippen molar-refractivity contribution in [1.82, 2.24) is 4.57 Å². The Kier molecular flexibility index (Phi) is 7.87. The third kappa shape index (κ3) is 5.37. The van der Waals surface area contributed by atoms with Crippen molar-refractivity contribution >= 4 is 122 Å². The Hall–Kier alpha value is -8.86. The molecule has 2 aliphatic heterocycles. The Bertz CT molecular complexity index is 4030. The van der Waals surface area contributed by atoms with Gasteiger partial charge in [0, 0.05) is 61.4 Å². The lowest BCUT2D eigenvalue weighted by molar-refractivity contribution is 1.18. The molecule has 12 aromatic carbocycles. The maximum absolute atomic E-state index is 2.58. The highest BCUT2D eigenvalue weighted by atomic mass is 15.2. The maximum Gasteiger partial charge on any atom is 0.252 e. The molecule has 0 aliphatic carbocycles. The van der Waals surface area contributed by atoms with Crippen molar-refractivity contribution in [2.24, 2.45) is 0 Å². The van der Waals surface area contributed by atoms with Gasteiger partial charge in [-0.05, 0) is 151 Å². The molecule has 4 heteroatoms. The van der Waals surface area contributed by atoms with Gasteiger partial charge in [0.2, 0.25) is 0 Å². The molecule has 0 amide bonds. The van der Waals surface area contributed by atoms with Gasteiger partial charge in [-0.1, -0.05) is 152 Å². The van der Waals surface area contributed by atoms with E-state index in [1.165, 1.54) is 115 Å². The molecule has 0 fully saturated rings. The fourth-order valence-electron chi connectivity index (χ4n) is 11.9. The van der Waals surface area contributed by atoms with Crippen LogP contribution in [-0.4, -0.2) is 11.3 Å². The van der Waals surface area contributed by atoms with Crippen molar-refractivity contribution < 1.29 is 0 Å². The fourth-order valence-corrected chi connectivity index (χ4v) is 11.9. The van der Waals surface area contributed by atoms with E-state index in [9.17, 15) is 0 Å². The van der Waals surface area contributed by atoms with E-state index in [0.29, 0.717) is 0 Å². The Morgan fingerprint density at radius 1 is 0.279 bits per heavy atom. The van der Waals surface area contributed by atoms with Crippen molar-refractivity contribution in [2.75, 3.05) is 9.80 Å². The van der Waals surface area contributed by atoms with Gasteiger partial charge in [0.15, 0.2) is 0 Å². The Balaban J connectivity index is 1.09. The van der Waals surface area contributed by atoms with Crippen molar-refractivity contribution in [2.45, 2.75) is 0 Å². The van der Waals surface area contributed by atoms with Crippen LogP contribution in [0.1, 0.15) is 0 Å². The van der Waals surface area contributed by atoms with E-state index in [2.05, 4.69) is 257 Å². The van der Waals surface area contributed by atoms with E-state index in [0.717, 1.165) is 17.1 Å². The lowest BCUT2D eigenvalue weighted by atomic mass is 9.33. The molecule has 0 spiro atoms. The third-order valence-electron chi connectivity index (χ3n) is 14.8. The summed E-state index contributed by atoms with van der Waals surface area (Å²) in [6.45, 7) is -0.0444. The standard InChI is InChI=1S/C64H40BN3/c1-4-20-49(21-5-1)66-58-27-15-14-26-52(58)55-38-45(30-33-59(55)66)48-39-60-62-61(40-48)68(51-24-8-3-9-25-51)64-54-37-44-19-13-11-17-42(44)35-47(54)29-32-57(64)65(62)56-31-28-46-34-41-16-10-12-18-43(41)36-53(46)63(56)67(60)50-22-6-2-7-23-50/h1-40H. The molecule has 0 radical (unpaired) electrons. The molecule has 2 aliphatic rings. The van der Waals surface area contributed by atoms with Gasteiger partial charge in [-0.3, -0.25) is 0 Å². The first kappa shape index (κ1) is 37.4. The van der Waals surface area contributed by atoms with Crippen molar-refractivity contribution in [1.29, 1.82) is 0 Å². The number of fused-ring (bicyclic) bond motifs is 13. The first-order valence-electron chi connectivity index (χ1n) is 23.6. The Morgan fingerprint density at radius 3 is 1.28 bits per heavy atom. The van der Waals surface area contributed by atoms with E-state index < -0.39 is 0 Å². The minimum Gasteiger partial charge on any atom is -0.311 e. The van der Waals surface area contributed by atoms with Gasteiger partial charge < -0.3 is 14.4 Å². The molecule has 0 N–H and O–H groups in total. The van der Waals surface area contributed by atoms with E-state index >= 15 is 0 Å². The van der Waals surface area contributed by atoms with Crippen molar-refractivity contribution in [3.8, 4) is 16.8 Å². The van der Waals surface area contributed by atoms with Crippen molar-refractivity contribution in [3.05, 3.63) is 243 Å². The molecule has 3 heterocycles. The van der Waals surface area contributed by atoms with Crippen LogP contribution in [0.4, 0.5) is 34.1 Å². The molecule has 0 saturated carbocycles. The van der Waals surface area contributed by atoms with Crippen LogP contribution in [0.2, 0.25) is 0 Å². The van der Waals surface area contributed by atoms with E-state index in [4.69, 9.17) is 0 Å². The molecule has 13 aromatic rings. The normalized spacial score (nSPS) is 12.9. The Labute approximate surface area is 394 Å². The van der Waals surface area contributed by atoms with E-state index in [1.54, 1.807) is 0 Å². The summed E-state index contributed by atoms with van der Waals surface area (Å²) in [6, 6.07) is 90.5. The maximum atomic E-state index is 2.58. The first-order valence-corrected chi connectivity index (χ1v) is 23.6. The SMILES string of the molecule is c1ccc(N2c3cc(-c4ccc5c(c4)c4ccccc4n5-c4ccccc4)cc4c3B(c3ccc5cc6ccccc6cc5c32)c2ccc3cc5ccccc5cc3c2N4c2ccccc2)cc1. The first-order chi connectivity index (χ1) is 33.7. The van der Waals surface area contributed by atoms with Gasteiger partial charge >= 0.3 is 0 Å². The monoisotopic (exact) mass is 861 g/mol. The topological polar surface area (TPSA) is 11.4 Å². The van der Waals surface area contributed by atoms with Gasteiger partial charge in [0.05, 0.1) is 11.0 Å². The number of benzene rings is 12. The van der Waals surface area contributed by atoms with Gasteiger partial charge in [-0.2, -0.15) is 0 Å². The van der Waals surface area contributed by atoms with Crippen LogP contribution in [0.25, 0.3) is 81.7 Å². The molecular weight excluding hydrogens is 822 g/mol. The largest absolute Gasteiger partial charge is 0.311 e. The number of nitrogens with zero attached hydrogens (tertiary/aromatic N) is 3. The summed E-state index contributed by atoms with van der Waals surface area (Å²) in [4.78, 5) is 5.15. The van der Waals surface area contributed by atoms with E-state index in [1.807, 2.05) is 0 Å². The number of hydrogen-bond acceptors (Lipinski definition) is 2. The molecule has 0 bridgehead atoms. The molecule has 1 aromatic heterocycles. The highest BCUT2D eigenvalue weighted by Crippen LogP contribution is 2.50. The molecule has 0 atom stereocenters. The average Bonchev–Trinajstić information content (AvgIpc) is 3.74. The minimum atomic E-state index is -0.0444. The number of rotatable bonds is 4. The highest BCUT2D eigenvalue weighted by molar-refractivity contribution is 7.00.